The Labute approximate surface area is 80.8 Å². The summed E-state index contributed by atoms with van der Waals surface area (Å²) in [6, 6.07) is 0. The summed E-state index contributed by atoms with van der Waals surface area (Å²) < 4.78 is 5.00. The molecule has 13 heavy (non-hydrogen) atoms. The molecule has 0 fully saturated rings. The van der Waals surface area contributed by atoms with Crippen LogP contribution in [0.2, 0.25) is 0 Å². The van der Waals surface area contributed by atoms with Crippen molar-refractivity contribution in [3.63, 3.8) is 0 Å². The standard InChI is InChI=1S/C10H21NO2/c1-3-5-9-13-10(12)7-6-8-11-4-2/h11H,3-9H2,1-2H3. The summed E-state index contributed by atoms with van der Waals surface area (Å²) in [7, 11) is 0. The number of unbranched alkanes of at least 4 members (excludes halogenated alkanes) is 1. The summed E-state index contributed by atoms with van der Waals surface area (Å²) in [5, 5.41) is 3.16. The topological polar surface area (TPSA) is 38.3 Å². The molecule has 0 aliphatic rings. The molecule has 78 valence electrons. The quantitative estimate of drug-likeness (QED) is 0.464. The minimum Gasteiger partial charge on any atom is -0.466 e. The van der Waals surface area contributed by atoms with Crippen molar-refractivity contribution in [1.29, 1.82) is 0 Å². The number of carbonyl (C=O) groups excluding carboxylic acids is 1. The summed E-state index contributed by atoms with van der Waals surface area (Å²) >= 11 is 0. The van der Waals surface area contributed by atoms with Gasteiger partial charge in [0.05, 0.1) is 6.61 Å². The van der Waals surface area contributed by atoms with Gasteiger partial charge in [-0.05, 0) is 25.9 Å². The van der Waals surface area contributed by atoms with Gasteiger partial charge in [-0.25, -0.2) is 0 Å². The Morgan fingerprint density at radius 3 is 2.69 bits per heavy atom. The van der Waals surface area contributed by atoms with E-state index in [9.17, 15) is 4.79 Å². The van der Waals surface area contributed by atoms with E-state index in [1.165, 1.54) is 0 Å². The Balaban J connectivity index is 3.11. The van der Waals surface area contributed by atoms with E-state index >= 15 is 0 Å². The highest BCUT2D eigenvalue weighted by molar-refractivity contribution is 5.69. The molecular formula is C10H21NO2. The molecule has 3 heteroatoms. The first-order chi connectivity index (χ1) is 6.31. The zero-order valence-electron chi connectivity index (χ0n) is 8.77. The van der Waals surface area contributed by atoms with Crippen LogP contribution in [0.3, 0.4) is 0 Å². The lowest BCUT2D eigenvalue weighted by molar-refractivity contribution is -0.143. The molecule has 0 atom stereocenters. The third-order valence-corrected chi connectivity index (χ3v) is 1.75. The van der Waals surface area contributed by atoms with E-state index < -0.39 is 0 Å². The molecule has 0 spiro atoms. The van der Waals surface area contributed by atoms with Gasteiger partial charge in [0.1, 0.15) is 0 Å². The number of nitrogens with one attached hydrogen (secondary N) is 1. The van der Waals surface area contributed by atoms with E-state index in [1.807, 2.05) is 0 Å². The molecule has 0 saturated heterocycles. The van der Waals surface area contributed by atoms with Crippen LogP contribution in [0, 0.1) is 0 Å². The molecule has 1 N–H and O–H groups in total. The molecular weight excluding hydrogens is 166 g/mol. The van der Waals surface area contributed by atoms with E-state index in [1.54, 1.807) is 0 Å². The van der Waals surface area contributed by atoms with Crippen LogP contribution in [-0.2, 0) is 9.53 Å². The van der Waals surface area contributed by atoms with Crippen molar-refractivity contribution in [3.8, 4) is 0 Å². The lowest BCUT2D eigenvalue weighted by atomic mass is 10.3. The predicted molar refractivity (Wildman–Crippen MR) is 53.6 cm³/mol. The first kappa shape index (κ1) is 12.4. The summed E-state index contributed by atoms with van der Waals surface area (Å²) in [4.78, 5) is 11.0. The van der Waals surface area contributed by atoms with Crippen molar-refractivity contribution in [2.75, 3.05) is 19.7 Å². The molecule has 0 heterocycles. The number of ether oxygens (including phenoxy) is 1. The van der Waals surface area contributed by atoms with Crippen LogP contribution in [0.15, 0.2) is 0 Å². The fourth-order valence-corrected chi connectivity index (χ4v) is 0.937. The molecule has 0 radical (unpaired) electrons. The SMILES string of the molecule is CCCCOC(=O)CCCNCC. The van der Waals surface area contributed by atoms with Gasteiger partial charge in [0, 0.05) is 6.42 Å². The van der Waals surface area contributed by atoms with Gasteiger partial charge in [0.15, 0.2) is 0 Å². The van der Waals surface area contributed by atoms with Gasteiger partial charge in [-0.2, -0.15) is 0 Å². The lowest BCUT2D eigenvalue weighted by Gasteiger charge is -2.03. The van der Waals surface area contributed by atoms with Crippen molar-refractivity contribution in [1.82, 2.24) is 5.32 Å². The second kappa shape index (κ2) is 9.52. The van der Waals surface area contributed by atoms with Crippen LogP contribution in [0.1, 0.15) is 39.5 Å². The Morgan fingerprint density at radius 2 is 2.08 bits per heavy atom. The minimum atomic E-state index is -0.0636. The normalized spacial score (nSPS) is 10.0. The average molecular weight is 187 g/mol. The van der Waals surface area contributed by atoms with Crippen molar-refractivity contribution >= 4 is 5.97 Å². The molecule has 0 rings (SSSR count). The van der Waals surface area contributed by atoms with Gasteiger partial charge in [-0.15, -0.1) is 0 Å². The van der Waals surface area contributed by atoms with Gasteiger partial charge < -0.3 is 10.1 Å². The van der Waals surface area contributed by atoms with Crippen molar-refractivity contribution < 1.29 is 9.53 Å². The van der Waals surface area contributed by atoms with E-state index in [0.29, 0.717) is 13.0 Å². The summed E-state index contributed by atoms with van der Waals surface area (Å²) in [6.45, 7) is 6.58. The van der Waals surface area contributed by atoms with Gasteiger partial charge >= 0.3 is 5.97 Å². The third kappa shape index (κ3) is 9.34. The summed E-state index contributed by atoms with van der Waals surface area (Å²) in [5.74, 6) is -0.0636. The number of esters is 1. The van der Waals surface area contributed by atoms with Crippen LogP contribution >= 0.6 is 0 Å². The maximum atomic E-state index is 11.0. The zero-order valence-corrected chi connectivity index (χ0v) is 8.77. The summed E-state index contributed by atoms with van der Waals surface area (Å²) in [6.07, 6.45) is 3.46. The zero-order chi connectivity index (χ0) is 9.94. The van der Waals surface area contributed by atoms with Crippen molar-refractivity contribution in [3.05, 3.63) is 0 Å². The Morgan fingerprint density at radius 1 is 1.31 bits per heavy atom. The number of rotatable bonds is 8. The Hall–Kier alpha value is -0.570. The van der Waals surface area contributed by atoms with Crippen LogP contribution < -0.4 is 5.32 Å². The fourth-order valence-electron chi connectivity index (χ4n) is 0.937. The highest BCUT2D eigenvalue weighted by Crippen LogP contribution is 1.94. The third-order valence-electron chi connectivity index (χ3n) is 1.75. The van der Waals surface area contributed by atoms with Gasteiger partial charge in [0.25, 0.3) is 0 Å². The highest BCUT2D eigenvalue weighted by Gasteiger charge is 2.00. The van der Waals surface area contributed by atoms with Crippen molar-refractivity contribution in [2.45, 2.75) is 39.5 Å². The maximum Gasteiger partial charge on any atom is 0.305 e. The molecule has 0 amide bonds. The number of hydrogen-bond acceptors (Lipinski definition) is 3. The highest BCUT2D eigenvalue weighted by atomic mass is 16.5. The van der Waals surface area contributed by atoms with Crippen LogP contribution in [-0.4, -0.2) is 25.7 Å². The van der Waals surface area contributed by atoms with Crippen LogP contribution in [0.5, 0.6) is 0 Å². The maximum absolute atomic E-state index is 11.0. The second-order valence-corrected chi connectivity index (χ2v) is 3.03. The average Bonchev–Trinajstić information content (AvgIpc) is 2.13. The smallest absolute Gasteiger partial charge is 0.305 e. The van der Waals surface area contributed by atoms with E-state index in [-0.39, 0.29) is 5.97 Å². The molecule has 0 bridgehead atoms. The Bertz CT molecular complexity index is 126. The molecule has 3 nitrogen and oxygen atoms in total. The van der Waals surface area contributed by atoms with Gasteiger partial charge in [-0.1, -0.05) is 20.3 Å². The lowest BCUT2D eigenvalue weighted by Crippen LogP contribution is -2.16. The summed E-state index contributed by atoms with van der Waals surface area (Å²) in [5.41, 5.74) is 0. The van der Waals surface area contributed by atoms with Crippen LogP contribution in [0.25, 0.3) is 0 Å². The van der Waals surface area contributed by atoms with E-state index in [0.717, 1.165) is 32.4 Å². The molecule has 0 aromatic rings. The van der Waals surface area contributed by atoms with Crippen LogP contribution in [0.4, 0.5) is 0 Å². The first-order valence-electron chi connectivity index (χ1n) is 5.17. The van der Waals surface area contributed by atoms with Gasteiger partial charge in [-0.3, -0.25) is 4.79 Å². The molecule has 0 unspecified atom stereocenters. The molecule has 0 aliphatic heterocycles. The fraction of sp³-hybridized carbons (Fsp3) is 0.900. The number of carbonyl (C=O) groups is 1. The monoisotopic (exact) mass is 187 g/mol. The Kier molecular flexibility index (Phi) is 9.10. The van der Waals surface area contributed by atoms with Crippen molar-refractivity contribution in [2.24, 2.45) is 0 Å². The molecule has 0 aromatic heterocycles. The van der Waals surface area contributed by atoms with E-state index in [4.69, 9.17) is 4.74 Å². The molecule has 0 aromatic carbocycles. The first-order valence-corrected chi connectivity index (χ1v) is 5.17. The number of hydrogen-bond donors (Lipinski definition) is 1. The van der Waals surface area contributed by atoms with Gasteiger partial charge in [0.2, 0.25) is 0 Å². The second-order valence-electron chi connectivity index (χ2n) is 3.03. The van der Waals surface area contributed by atoms with E-state index in [2.05, 4.69) is 19.2 Å². The molecule has 0 aliphatic carbocycles. The predicted octanol–water partition coefficient (Wildman–Crippen LogP) is 1.72. The largest absolute Gasteiger partial charge is 0.466 e. The molecule has 0 saturated carbocycles. The minimum absolute atomic E-state index is 0.0636.